The third kappa shape index (κ3) is 4.23. The van der Waals surface area contributed by atoms with E-state index < -0.39 is 0 Å². The lowest BCUT2D eigenvalue weighted by atomic mass is 9.96. The smallest absolute Gasteiger partial charge is 0.226 e. The molecule has 0 aromatic heterocycles. The van der Waals surface area contributed by atoms with Crippen LogP contribution >= 0.6 is 15.9 Å². The van der Waals surface area contributed by atoms with E-state index in [4.69, 9.17) is 4.74 Å². The summed E-state index contributed by atoms with van der Waals surface area (Å²) in [6.45, 7) is 5.51. The number of fused-ring (bicyclic) bond motifs is 1. The number of para-hydroxylation sites is 1. The molecule has 2 rings (SSSR count). The second-order valence-corrected chi connectivity index (χ2v) is 7.09. The molecule has 2 atom stereocenters. The summed E-state index contributed by atoms with van der Waals surface area (Å²) >= 11 is 3.61. The van der Waals surface area contributed by atoms with Crippen LogP contribution in [0.3, 0.4) is 0 Å². The Hall–Kier alpha value is -1.03. The summed E-state index contributed by atoms with van der Waals surface area (Å²) in [6, 6.07) is 7.93. The molecule has 0 saturated heterocycles. The summed E-state index contributed by atoms with van der Waals surface area (Å²) in [6.07, 6.45) is 1.82. The minimum atomic E-state index is -0.0800. The highest BCUT2D eigenvalue weighted by Crippen LogP contribution is 2.26. The molecule has 0 saturated carbocycles. The summed E-state index contributed by atoms with van der Waals surface area (Å²) in [5, 5.41) is 3.02. The van der Waals surface area contributed by atoms with E-state index in [2.05, 4.69) is 35.1 Å². The van der Waals surface area contributed by atoms with Gasteiger partial charge >= 0.3 is 0 Å². The van der Waals surface area contributed by atoms with E-state index in [0.717, 1.165) is 24.2 Å². The van der Waals surface area contributed by atoms with Gasteiger partial charge in [-0.3, -0.25) is 4.79 Å². The summed E-state index contributed by atoms with van der Waals surface area (Å²) < 4.78 is 5.66. The van der Waals surface area contributed by atoms with Crippen molar-refractivity contribution in [2.75, 3.05) is 13.2 Å². The minimum Gasteiger partial charge on any atom is -0.492 e. The number of carbonyl (C=O) groups excluding carboxylic acids is 1. The molecule has 20 heavy (non-hydrogen) atoms. The van der Waals surface area contributed by atoms with Crippen molar-refractivity contribution in [3.63, 3.8) is 0 Å². The predicted molar refractivity (Wildman–Crippen MR) is 84.3 cm³/mol. The Morgan fingerprint density at radius 1 is 1.45 bits per heavy atom. The standard InChI is InChI=1S/C16H22BrNO2/c1-11(2)7-14(17)9-18-16(19)13-8-12-5-3-4-6-15(12)20-10-13/h3-6,11,13-14H,7-10H2,1-2H3,(H,18,19). The second kappa shape index (κ2) is 7.11. The zero-order valence-corrected chi connectivity index (χ0v) is 13.7. The number of amides is 1. The van der Waals surface area contributed by atoms with Gasteiger partial charge in [0.2, 0.25) is 5.91 Å². The summed E-state index contributed by atoms with van der Waals surface area (Å²) in [5.74, 6) is 1.55. The van der Waals surface area contributed by atoms with Crippen LogP contribution in [0.4, 0.5) is 0 Å². The number of nitrogens with one attached hydrogen (secondary N) is 1. The molecule has 1 aromatic carbocycles. The van der Waals surface area contributed by atoms with E-state index in [9.17, 15) is 4.79 Å². The molecule has 1 heterocycles. The molecule has 1 aliphatic heterocycles. The molecular formula is C16H22BrNO2. The van der Waals surface area contributed by atoms with Gasteiger partial charge in [-0.1, -0.05) is 48.0 Å². The SMILES string of the molecule is CC(C)CC(Br)CNC(=O)C1COc2ccccc2C1. The van der Waals surface area contributed by atoms with Gasteiger partial charge in [0.05, 0.1) is 5.92 Å². The number of hydrogen-bond acceptors (Lipinski definition) is 2. The second-order valence-electron chi connectivity index (χ2n) is 5.79. The average Bonchev–Trinajstić information content (AvgIpc) is 2.43. The van der Waals surface area contributed by atoms with Crippen LogP contribution in [-0.4, -0.2) is 23.9 Å². The number of hydrogen-bond donors (Lipinski definition) is 1. The van der Waals surface area contributed by atoms with Crippen LogP contribution in [0, 0.1) is 11.8 Å². The molecule has 1 amide bonds. The summed E-state index contributed by atoms with van der Waals surface area (Å²) in [5.41, 5.74) is 1.12. The van der Waals surface area contributed by atoms with E-state index in [1.165, 1.54) is 0 Å². The quantitative estimate of drug-likeness (QED) is 0.836. The van der Waals surface area contributed by atoms with Crippen molar-refractivity contribution in [3.05, 3.63) is 29.8 Å². The number of rotatable bonds is 5. The van der Waals surface area contributed by atoms with Crippen LogP contribution < -0.4 is 10.1 Å². The Balaban J connectivity index is 1.83. The Labute approximate surface area is 129 Å². The Bertz CT molecular complexity index is 462. The zero-order chi connectivity index (χ0) is 14.5. The molecule has 0 fully saturated rings. The number of halogens is 1. The Kier molecular flexibility index (Phi) is 5.46. The lowest BCUT2D eigenvalue weighted by molar-refractivity contribution is -0.126. The maximum absolute atomic E-state index is 12.2. The van der Waals surface area contributed by atoms with Gasteiger partial charge in [0.15, 0.2) is 0 Å². The van der Waals surface area contributed by atoms with Crippen LogP contribution in [0.2, 0.25) is 0 Å². The van der Waals surface area contributed by atoms with Crippen LogP contribution in [0.5, 0.6) is 5.75 Å². The van der Waals surface area contributed by atoms with Gasteiger partial charge in [-0.05, 0) is 30.4 Å². The van der Waals surface area contributed by atoms with Gasteiger partial charge in [0.1, 0.15) is 12.4 Å². The Morgan fingerprint density at radius 3 is 2.95 bits per heavy atom. The molecule has 0 aliphatic carbocycles. The highest BCUT2D eigenvalue weighted by Gasteiger charge is 2.25. The highest BCUT2D eigenvalue weighted by molar-refractivity contribution is 9.09. The van der Waals surface area contributed by atoms with E-state index in [0.29, 0.717) is 23.9 Å². The molecule has 0 spiro atoms. The molecule has 0 bridgehead atoms. The fourth-order valence-corrected chi connectivity index (χ4v) is 3.36. The van der Waals surface area contributed by atoms with Gasteiger partial charge in [0.25, 0.3) is 0 Å². The zero-order valence-electron chi connectivity index (χ0n) is 12.1. The van der Waals surface area contributed by atoms with Crippen LogP contribution in [0.15, 0.2) is 24.3 Å². The molecule has 4 heteroatoms. The first-order chi connectivity index (χ1) is 9.56. The molecule has 110 valence electrons. The van der Waals surface area contributed by atoms with Gasteiger partial charge in [-0.2, -0.15) is 0 Å². The molecule has 1 N–H and O–H groups in total. The molecule has 2 unspecified atom stereocenters. The summed E-state index contributed by atoms with van der Waals surface area (Å²) in [7, 11) is 0. The van der Waals surface area contributed by atoms with Crippen LogP contribution in [0.1, 0.15) is 25.8 Å². The first-order valence-corrected chi connectivity index (χ1v) is 8.10. The van der Waals surface area contributed by atoms with Gasteiger partial charge in [0, 0.05) is 11.4 Å². The maximum atomic E-state index is 12.2. The number of ether oxygens (including phenoxy) is 1. The third-order valence-corrected chi connectivity index (χ3v) is 4.17. The van der Waals surface area contributed by atoms with Crippen molar-refractivity contribution in [2.24, 2.45) is 11.8 Å². The molecule has 1 aliphatic rings. The molecular weight excluding hydrogens is 318 g/mol. The van der Waals surface area contributed by atoms with Crippen molar-refractivity contribution in [1.29, 1.82) is 0 Å². The minimum absolute atomic E-state index is 0.0800. The average molecular weight is 340 g/mol. The maximum Gasteiger partial charge on any atom is 0.226 e. The lowest BCUT2D eigenvalue weighted by Gasteiger charge is -2.25. The largest absolute Gasteiger partial charge is 0.492 e. The van der Waals surface area contributed by atoms with Crippen LogP contribution in [-0.2, 0) is 11.2 Å². The van der Waals surface area contributed by atoms with E-state index in [-0.39, 0.29) is 11.8 Å². The number of benzene rings is 1. The summed E-state index contributed by atoms with van der Waals surface area (Å²) in [4.78, 5) is 12.5. The topological polar surface area (TPSA) is 38.3 Å². The van der Waals surface area contributed by atoms with Crippen LogP contribution in [0.25, 0.3) is 0 Å². The Morgan fingerprint density at radius 2 is 2.20 bits per heavy atom. The molecule has 3 nitrogen and oxygen atoms in total. The third-order valence-electron chi connectivity index (χ3n) is 3.47. The van der Waals surface area contributed by atoms with Gasteiger partial charge in [-0.15, -0.1) is 0 Å². The van der Waals surface area contributed by atoms with Crippen molar-refractivity contribution >= 4 is 21.8 Å². The van der Waals surface area contributed by atoms with Crippen molar-refractivity contribution in [2.45, 2.75) is 31.5 Å². The number of alkyl halides is 1. The van der Waals surface area contributed by atoms with Crippen molar-refractivity contribution < 1.29 is 9.53 Å². The number of carbonyl (C=O) groups is 1. The fourth-order valence-electron chi connectivity index (χ4n) is 2.45. The molecule has 1 aromatic rings. The first-order valence-electron chi connectivity index (χ1n) is 7.18. The monoisotopic (exact) mass is 339 g/mol. The van der Waals surface area contributed by atoms with E-state index in [1.807, 2.05) is 24.3 Å². The molecule has 0 radical (unpaired) electrons. The van der Waals surface area contributed by atoms with Crippen molar-refractivity contribution in [3.8, 4) is 5.75 Å². The lowest BCUT2D eigenvalue weighted by Crippen LogP contribution is -2.39. The van der Waals surface area contributed by atoms with Gasteiger partial charge in [-0.25, -0.2) is 0 Å². The normalized spacial score (nSPS) is 19.1. The van der Waals surface area contributed by atoms with E-state index in [1.54, 1.807) is 0 Å². The first kappa shape index (κ1) is 15.4. The highest BCUT2D eigenvalue weighted by atomic mass is 79.9. The van der Waals surface area contributed by atoms with E-state index >= 15 is 0 Å². The van der Waals surface area contributed by atoms with Crippen molar-refractivity contribution in [1.82, 2.24) is 5.32 Å². The predicted octanol–water partition coefficient (Wildman–Crippen LogP) is 3.16. The fraction of sp³-hybridized carbons (Fsp3) is 0.562. The van der Waals surface area contributed by atoms with Gasteiger partial charge < -0.3 is 10.1 Å².